The maximum absolute atomic E-state index is 11.5. The molecule has 0 saturated heterocycles. The van der Waals surface area contributed by atoms with Gasteiger partial charge in [-0.05, 0) is 20.3 Å². The lowest BCUT2D eigenvalue weighted by Crippen LogP contribution is -2.40. The van der Waals surface area contributed by atoms with E-state index in [0.717, 1.165) is 6.42 Å². The van der Waals surface area contributed by atoms with Crippen molar-refractivity contribution in [2.45, 2.75) is 39.3 Å². The van der Waals surface area contributed by atoms with Gasteiger partial charge in [-0.1, -0.05) is 6.92 Å². The summed E-state index contributed by atoms with van der Waals surface area (Å²) in [4.78, 5) is 13.2. The summed E-state index contributed by atoms with van der Waals surface area (Å²) >= 11 is 0. The maximum atomic E-state index is 11.5. The van der Waals surface area contributed by atoms with Crippen molar-refractivity contribution in [3.8, 4) is 0 Å². The molecule has 0 aromatic rings. The molecule has 0 N–H and O–H groups in total. The van der Waals surface area contributed by atoms with E-state index < -0.39 is 0 Å². The SMILES string of the molecule is CCC(C)N(C)C(=O)C(C)OC. The Hall–Kier alpha value is -0.570. The van der Waals surface area contributed by atoms with Gasteiger partial charge in [-0.15, -0.1) is 0 Å². The predicted octanol–water partition coefficient (Wildman–Crippen LogP) is 1.28. The fraction of sp³-hybridized carbons (Fsp3) is 0.889. The number of carbonyl (C=O) groups excluding carboxylic acids is 1. The summed E-state index contributed by atoms with van der Waals surface area (Å²) in [5.41, 5.74) is 0. The van der Waals surface area contributed by atoms with Crippen LogP contribution in [0.2, 0.25) is 0 Å². The molecule has 2 atom stereocenters. The maximum Gasteiger partial charge on any atom is 0.251 e. The van der Waals surface area contributed by atoms with Crippen molar-refractivity contribution in [1.82, 2.24) is 4.90 Å². The number of rotatable bonds is 4. The van der Waals surface area contributed by atoms with Crippen molar-refractivity contribution in [2.24, 2.45) is 0 Å². The Labute approximate surface area is 74.7 Å². The molecule has 0 rings (SSSR count). The number of likely N-dealkylation sites (N-methyl/N-ethyl adjacent to an activating group) is 1. The Morgan fingerprint density at radius 3 is 2.33 bits per heavy atom. The molecular weight excluding hydrogens is 154 g/mol. The zero-order valence-electron chi connectivity index (χ0n) is 8.63. The van der Waals surface area contributed by atoms with Crippen LogP contribution in [-0.4, -0.2) is 37.1 Å². The second kappa shape index (κ2) is 5.14. The Morgan fingerprint density at radius 2 is 2.00 bits per heavy atom. The average molecular weight is 173 g/mol. The third-order valence-electron chi connectivity index (χ3n) is 2.30. The highest BCUT2D eigenvalue weighted by Crippen LogP contribution is 2.03. The largest absolute Gasteiger partial charge is 0.372 e. The van der Waals surface area contributed by atoms with Crippen molar-refractivity contribution in [2.75, 3.05) is 14.2 Å². The van der Waals surface area contributed by atoms with Gasteiger partial charge >= 0.3 is 0 Å². The van der Waals surface area contributed by atoms with E-state index >= 15 is 0 Å². The van der Waals surface area contributed by atoms with E-state index in [0.29, 0.717) is 0 Å². The van der Waals surface area contributed by atoms with Crippen LogP contribution < -0.4 is 0 Å². The number of methoxy groups -OCH3 is 1. The summed E-state index contributed by atoms with van der Waals surface area (Å²) in [6, 6.07) is 0.287. The van der Waals surface area contributed by atoms with Crippen molar-refractivity contribution in [1.29, 1.82) is 0 Å². The van der Waals surface area contributed by atoms with Crippen molar-refractivity contribution in [3.63, 3.8) is 0 Å². The van der Waals surface area contributed by atoms with Gasteiger partial charge in [-0.3, -0.25) is 4.79 Å². The molecule has 0 aliphatic heterocycles. The molecule has 0 aromatic carbocycles. The first-order valence-corrected chi connectivity index (χ1v) is 4.34. The summed E-state index contributed by atoms with van der Waals surface area (Å²) in [5.74, 6) is 0.0480. The molecule has 0 aliphatic carbocycles. The topological polar surface area (TPSA) is 29.5 Å². The van der Waals surface area contributed by atoms with Crippen LogP contribution in [0.3, 0.4) is 0 Å². The van der Waals surface area contributed by atoms with Gasteiger partial charge in [-0.2, -0.15) is 0 Å². The first kappa shape index (κ1) is 11.4. The van der Waals surface area contributed by atoms with E-state index in [1.165, 1.54) is 0 Å². The minimum atomic E-state index is -0.330. The van der Waals surface area contributed by atoms with E-state index in [1.807, 2.05) is 14.0 Å². The predicted molar refractivity (Wildman–Crippen MR) is 49.0 cm³/mol. The lowest BCUT2D eigenvalue weighted by Gasteiger charge is -2.26. The van der Waals surface area contributed by atoms with Crippen molar-refractivity contribution >= 4 is 5.91 Å². The summed E-state index contributed by atoms with van der Waals surface area (Å²) in [6.07, 6.45) is 0.641. The smallest absolute Gasteiger partial charge is 0.251 e. The standard InChI is InChI=1S/C9H19NO2/c1-6-7(2)10(4)9(11)8(3)12-5/h7-8H,6H2,1-5H3. The summed E-state index contributed by atoms with van der Waals surface area (Å²) in [6.45, 7) is 5.85. The molecule has 12 heavy (non-hydrogen) atoms. The zero-order valence-corrected chi connectivity index (χ0v) is 8.63. The van der Waals surface area contributed by atoms with E-state index in [2.05, 4.69) is 6.92 Å². The second-order valence-corrected chi connectivity index (χ2v) is 3.08. The summed E-state index contributed by atoms with van der Waals surface area (Å²) in [5, 5.41) is 0. The molecule has 0 fully saturated rings. The van der Waals surface area contributed by atoms with Crippen molar-refractivity contribution < 1.29 is 9.53 Å². The number of nitrogens with zero attached hydrogens (tertiary/aromatic N) is 1. The molecule has 0 spiro atoms. The fourth-order valence-corrected chi connectivity index (χ4v) is 0.879. The van der Waals surface area contributed by atoms with E-state index in [4.69, 9.17) is 4.74 Å². The molecule has 0 aromatic heterocycles. The first-order valence-electron chi connectivity index (χ1n) is 4.34. The third kappa shape index (κ3) is 2.81. The van der Waals surface area contributed by atoms with Crippen LogP contribution in [-0.2, 0) is 9.53 Å². The summed E-state index contributed by atoms with van der Waals surface area (Å²) < 4.78 is 4.94. The van der Waals surface area contributed by atoms with Gasteiger partial charge in [0.25, 0.3) is 5.91 Å². The van der Waals surface area contributed by atoms with Crippen LogP contribution >= 0.6 is 0 Å². The van der Waals surface area contributed by atoms with E-state index in [9.17, 15) is 4.79 Å². The normalized spacial score (nSPS) is 15.4. The average Bonchev–Trinajstić information content (AvgIpc) is 2.12. The molecule has 1 amide bonds. The van der Waals surface area contributed by atoms with E-state index in [1.54, 1.807) is 18.9 Å². The minimum Gasteiger partial charge on any atom is -0.372 e. The van der Waals surface area contributed by atoms with Crippen molar-refractivity contribution in [3.05, 3.63) is 0 Å². The Morgan fingerprint density at radius 1 is 1.50 bits per heavy atom. The molecule has 0 radical (unpaired) electrons. The van der Waals surface area contributed by atoms with Crippen LogP contribution in [0, 0.1) is 0 Å². The van der Waals surface area contributed by atoms with Gasteiger partial charge < -0.3 is 9.64 Å². The van der Waals surface area contributed by atoms with E-state index in [-0.39, 0.29) is 18.1 Å². The van der Waals surface area contributed by atoms with Gasteiger partial charge in [0.15, 0.2) is 0 Å². The second-order valence-electron chi connectivity index (χ2n) is 3.08. The highest BCUT2D eigenvalue weighted by Gasteiger charge is 2.19. The first-order chi connectivity index (χ1) is 5.54. The third-order valence-corrected chi connectivity index (χ3v) is 2.30. The molecule has 0 bridgehead atoms. The Bertz CT molecular complexity index is 147. The molecular formula is C9H19NO2. The molecule has 72 valence electrons. The number of hydrogen-bond acceptors (Lipinski definition) is 2. The number of amides is 1. The highest BCUT2D eigenvalue weighted by atomic mass is 16.5. The fourth-order valence-electron chi connectivity index (χ4n) is 0.879. The van der Waals surface area contributed by atoms with Gasteiger partial charge in [0, 0.05) is 20.2 Å². The van der Waals surface area contributed by atoms with Crippen LogP contribution in [0.25, 0.3) is 0 Å². The molecule has 0 aliphatic rings. The lowest BCUT2D eigenvalue weighted by molar-refractivity contribution is -0.141. The number of ether oxygens (including phenoxy) is 1. The van der Waals surface area contributed by atoms with Crippen LogP contribution in [0.5, 0.6) is 0 Å². The minimum absolute atomic E-state index is 0.0480. The van der Waals surface area contributed by atoms with Gasteiger partial charge in [-0.25, -0.2) is 0 Å². The van der Waals surface area contributed by atoms with Gasteiger partial charge in [0.05, 0.1) is 0 Å². The van der Waals surface area contributed by atoms with Gasteiger partial charge in [0.1, 0.15) is 6.10 Å². The molecule has 3 nitrogen and oxygen atoms in total. The van der Waals surface area contributed by atoms with Crippen LogP contribution in [0.4, 0.5) is 0 Å². The zero-order chi connectivity index (χ0) is 9.72. The lowest BCUT2D eigenvalue weighted by atomic mass is 10.2. The van der Waals surface area contributed by atoms with Gasteiger partial charge in [0.2, 0.25) is 0 Å². The summed E-state index contributed by atoms with van der Waals surface area (Å²) in [7, 11) is 3.36. The van der Waals surface area contributed by atoms with Crippen LogP contribution in [0.1, 0.15) is 27.2 Å². The Balaban J connectivity index is 4.09. The molecule has 3 heteroatoms. The monoisotopic (exact) mass is 173 g/mol. The highest BCUT2D eigenvalue weighted by molar-refractivity contribution is 5.80. The Kier molecular flexibility index (Phi) is 4.90. The molecule has 0 saturated carbocycles. The van der Waals surface area contributed by atoms with Crippen LogP contribution in [0.15, 0.2) is 0 Å². The molecule has 2 unspecified atom stereocenters. The number of carbonyl (C=O) groups is 1. The quantitative estimate of drug-likeness (QED) is 0.641. The molecule has 0 heterocycles. The number of hydrogen-bond donors (Lipinski definition) is 0.